The highest BCUT2D eigenvalue weighted by atomic mass is 32.1. The third-order valence-electron chi connectivity index (χ3n) is 4.50. The molecule has 2 heterocycles. The Morgan fingerprint density at radius 3 is 2.91 bits per heavy atom. The van der Waals surface area contributed by atoms with Crippen molar-refractivity contribution in [1.82, 2.24) is 10.2 Å². The number of rotatable bonds is 3. The van der Waals surface area contributed by atoms with Gasteiger partial charge in [0.25, 0.3) is 0 Å². The molecule has 22 heavy (non-hydrogen) atoms. The van der Waals surface area contributed by atoms with Gasteiger partial charge in [-0.3, -0.25) is 9.59 Å². The first-order valence-electron chi connectivity index (χ1n) is 7.62. The van der Waals surface area contributed by atoms with Crippen molar-refractivity contribution in [3.8, 4) is 0 Å². The van der Waals surface area contributed by atoms with Crippen LogP contribution in [-0.2, 0) is 16.2 Å². The third kappa shape index (κ3) is 2.68. The van der Waals surface area contributed by atoms with E-state index < -0.39 is 5.54 Å². The number of amides is 2. The van der Waals surface area contributed by atoms with E-state index in [1.165, 1.54) is 11.3 Å². The lowest BCUT2D eigenvalue weighted by Crippen LogP contribution is -2.64. The fourth-order valence-corrected chi connectivity index (χ4v) is 4.16. The average Bonchev–Trinajstić information content (AvgIpc) is 3.18. The summed E-state index contributed by atoms with van der Waals surface area (Å²) >= 11 is 1.49. The predicted molar refractivity (Wildman–Crippen MR) is 85.2 cm³/mol. The Morgan fingerprint density at radius 1 is 1.45 bits per heavy atom. The van der Waals surface area contributed by atoms with Gasteiger partial charge in [-0.2, -0.15) is 0 Å². The Hall–Kier alpha value is -1.66. The van der Waals surface area contributed by atoms with Crippen molar-refractivity contribution in [2.45, 2.75) is 37.8 Å². The Balaban J connectivity index is 1.76. The van der Waals surface area contributed by atoms with E-state index in [9.17, 15) is 9.59 Å². The highest BCUT2D eigenvalue weighted by Crippen LogP contribution is 2.37. The second kappa shape index (κ2) is 6.22. The summed E-state index contributed by atoms with van der Waals surface area (Å²) in [7, 11) is 0. The lowest BCUT2D eigenvalue weighted by Gasteiger charge is -2.43. The molecule has 0 bridgehead atoms. The summed E-state index contributed by atoms with van der Waals surface area (Å²) in [5.74, 6) is -0.104. The number of thiophene rings is 1. The second-order valence-corrected chi connectivity index (χ2v) is 6.78. The van der Waals surface area contributed by atoms with Crippen molar-refractivity contribution in [2.75, 3.05) is 13.1 Å². The quantitative estimate of drug-likeness (QED) is 0.830. The lowest BCUT2D eigenvalue weighted by molar-refractivity contribution is -0.148. The molecule has 3 rings (SSSR count). The van der Waals surface area contributed by atoms with Crippen LogP contribution in [0.5, 0.6) is 0 Å². The normalized spacial score (nSPS) is 20.8. The zero-order valence-electron chi connectivity index (χ0n) is 12.4. The van der Waals surface area contributed by atoms with Gasteiger partial charge in [-0.05, 0) is 35.9 Å². The van der Waals surface area contributed by atoms with Gasteiger partial charge in [0.2, 0.25) is 11.8 Å². The van der Waals surface area contributed by atoms with Crippen LogP contribution in [0.2, 0.25) is 0 Å². The van der Waals surface area contributed by atoms with Gasteiger partial charge in [0.15, 0.2) is 0 Å². The molecule has 0 atom stereocenters. The van der Waals surface area contributed by atoms with E-state index in [1.54, 1.807) is 17.1 Å². The van der Waals surface area contributed by atoms with E-state index in [1.807, 2.05) is 11.4 Å². The van der Waals surface area contributed by atoms with Crippen LogP contribution in [0.3, 0.4) is 0 Å². The first-order valence-corrected chi connectivity index (χ1v) is 8.50. The number of nitrogens with one attached hydrogen (secondary N) is 1. The standard InChI is InChI=1S/C16H20N2O3S/c19-10-12-9-13(22-11-12)3-4-14(20)18-8-7-17-15(21)16(18)5-1-2-6-16/h3-4,9,11,19H,1-2,5-8,10H2,(H,17,21)/b4-3+. The molecule has 1 spiro atoms. The number of nitrogens with zero attached hydrogens (tertiary/aromatic N) is 1. The van der Waals surface area contributed by atoms with E-state index in [0.717, 1.165) is 36.1 Å². The van der Waals surface area contributed by atoms with Crippen molar-refractivity contribution in [3.63, 3.8) is 0 Å². The molecule has 6 heteroatoms. The topological polar surface area (TPSA) is 69.6 Å². The fourth-order valence-electron chi connectivity index (χ4n) is 3.37. The summed E-state index contributed by atoms with van der Waals surface area (Å²) in [6, 6.07) is 1.86. The molecule has 1 aliphatic heterocycles. The van der Waals surface area contributed by atoms with Gasteiger partial charge in [-0.1, -0.05) is 12.8 Å². The minimum absolute atomic E-state index is 0.00306. The average molecular weight is 320 g/mol. The van der Waals surface area contributed by atoms with Crippen molar-refractivity contribution in [1.29, 1.82) is 0 Å². The molecule has 1 saturated heterocycles. The van der Waals surface area contributed by atoms with Crippen molar-refractivity contribution in [2.24, 2.45) is 0 Å². The van der Waals surface area contributed by atoms with Crippen LogP contribution < -0.4 is 5.32 Å². The SMILES string of the molecule is O=C(/C=C/c1cc(CO)cs1)N1CCNC(=O)C12CCCC2. The molecule has 118 valence electrons. The number of aliphatic hydroxyl groups excluding tert-OH is 1. The summed E-state index contributed by atoms with van der Waals surface area (Å²) < 4.78 is 0. The molecule has 0 radical (unpaired) electrons. The van der Waals surface area contributed by atoms with Crippen molar-refractivity contribution < 1.29 is 14.7 Å². The zero-order chi connectivity index (χ0) is 15.6. The highest BCUT2D eigenvalue weighted by molar-refractivity contribution is 7.11. The monoisotopic (exact) mass is 320 g/mol. The maximum absolute atomic E-state index is 12.6. The molecule has 0 unspecified atom stereocenters. The van der Waals surface area contributed by atoms with Gasteiger partial charge in [-0.25, -0.2) is 0 Å². The predicted octanol–water partition coefficient (Wildman–Crippen LogP) is 1.52. The molecule has 1 aliphatic carbocycles. The van der Waals surface area contributed by atoms with Crippen LogP contribution in [0.15, 0.2) is 17.5 Å². The smallest absolute Gasteiger partial charge is 0.247 e. The maximum atomic E-state index is 12.6. The zero-order valence-corrected chi connectivity index (χ0v) is 13.2. The summed E-state index contributed by atoms with van der Waals surface area (Å²) in [5.41, 5.74) is 0.215. The molecule has 1 aromatic rings. The van der Waals surface area contributed by atoms with Crippen LogP contribution in [0.4, 0.5) is 0 Å². The highest BCUT2D eigenvalue weighted by Gasteiger charge is 2.49. The van der Waals surface area contributed by atoms with Crippen LogP contribution >= 0.6 is 11.3 Å². The van der Waals surface area contributed by atoms with E-state index in [4.69, 9.17) is 5.11 Å². The van der Waals surface area contributed by atoms with Crippen LogP contribution in [0, 0.1) is 0 Å². The Labute approximate surface area is 133 Å². The number of carbonyl (C=O) groups excluding carboxylic acids is 2. The number of carbonyl (C=O) groups is 2. The number of hydrogen-bond donors (Lipinski definition) is 2. The summed E-state index contributed by atoms with van der Waals surface area (Å²) in [6.45, 7) is 1.10. The number of aliphatic hydroxyl groups is 1. The van der Waals surface area contributed by atoms with Crippen LogP contribution in [0.1, 0.15) is 36.1 Å². The summed E-state index contributed by atoms with van der Waals surface area (Å²) in [4.78, 5) is 27.5. The summed E-state index contributed by atoms with van der Waals surface area (Å²) in [5, 5.41) is 13.8. The Bertz CT molecular complexity index is 602. The van der Waals surface area contributed by atoms with Gasteiger partial charge < -0.3 is 15.3 Å². The van der Waals surface area contributed by atoms with Gasteiger partial charge in [-0.15, -0.1) is 11.3 Å². The van der Waals surface area contributed by atoms with Gasteiger partial charge in [0.1, 0.15) is 5.54 Å². The minimum Gasteiger partial charge on any atom is -0.392 e. The molecule has 2 amide bonds. The van der Waals surface area contributed by atoms with Gasteiger partial charge >= 0.3 is 0 Å². The Kier molecular flexibility index (Phi) is 4.31. The van der Waals surface area contributed by atoms with Gasteiger partial charge in [0.05, 0.1) is 6.61 Å². The fraction of sp³-hybridized carbons (Fsp3) is 0.500. The molecule has 0 aromatic carbocycles. The van der Waals surface area contributed by atoms with Crippen molar-refractivity contribution >= 4 is 29.2 Å². The summed E-state index contributed by atoms with van der Waals surface area (Å²) in [6.07, 6.45) is 6.81. The first kappa shape index (κ1) is 15.2. The largest absolute Gasteiger partial charge is 0.392 e. The van der Waals surface area contributed by atoms with E-state index in [-0.39, 0.29) is 18.4 Å². The van der Waals surface area contributed by atoms with E-state index in [0.29, 0.717) is 13.1 Å². The molecule has 1 aromatic heterocycles. The maximum Gasteiger partial charge on any atom is 0.247 e. The molecule has 2 aliphatic rings. The van der Waals surface area contributed by atoms with Crippen LogP contribution in [0.25, 0.3) is 6.08 Å². The van der Waals surface area contributed by atoms with Gasteiger partial charge in [0, 0.05) is 24.0 Å². The minimum atomic E-state index is -0.634. The second-order valence-electron chi connectivity index (χ2n) is 5.83. The molecule has 2 N–H and O–H groups in total. The van der Waals surface area contributed by atoms with E-state index >= 15 is 0 Å². The Morgan fingerprint density at radius 2 is 2.23 bits per heavy atom. The number of piperazine rings is 1. The van der Waals surface area contributed by atoms with E-state index in [2.05, 4.69) is 5.32 Å². The van der Waals surface area contributed by atoms with Crippen LogP contribution in [-0.4, -0.2) is 40.4 Å². The molecule has 2 fully saturated rings. The lowest BCUT2D eigenvalue weighted by atomic mass is 9.91. The molecular formula is C16H20N2O3S. The van der Waals surface area contributed by atoms with Crippen molar-refractivity contribution in [3.05, 3.63) is 28.0 Å². The third-order valence-corrected chi connectivity index (χ3v) is 5.45. The number of hydrogen-bond acceptors (Lipinski definition) is 4. The molecule has 1 saturated carbocycles. The molecule has 5 nitrogen and oxygen atoms in total. The molecular weight excluding hydrogens is 300 g/mol. The first-order chi connectivity index (χ1) is 10.7.